The summed E-state index contributed by atoms with van der Waals surface area (Å²) >= 11 is 0. The van der Waals surface area contributed by atoms with Crippen LogP contribution in [0.15, 0.2) is 84.9 Å². The molecule has 0 fully saturated rings. The number of nitrogens with zero attached hydrogens (tertiary/aromatic N) is 2. The Kier molecular flexibility index (Phi) is 7.96. The second-order valence-corrected chi connectivity index (χ2v) is 10.3. The van der Waals surface area contributed by atoms with Gasteiger partial charge in [0.2, 0.25) is 5.91 Å². The van der Waals surface area contributed by atoms with E-state index in [2.05, 4.69) is 31.4 Å². The molecule has 1 atom stereocenters. The topological polar surface area (TPSA) is 85.2 Å². The predicted molar refractivity (Wildman–Crippen MR) is 150 cm³/mol. The first-order valence-corrected chi connectivity index (χ1v) is 12.6. The highest BCUT2D eigenvalue weighted by atomic mass is 16.5. The Morgan fingerprint density at radius 1 is 0.947 bits per heavy atom. The van der Waals surface area contributed by atoms with Crippen LogP contribution in [0.25, 0.3) is 5.69 Å². The lowest BCUT2D eigenvalue weighted by Crippen LogP contribution is -2.45. The molecule has 0 radical (unpaired) electrons. The molecule has 3 aromatic carbocycles. The van der Waals surface area contributed by atoms with E-state index in [1.54, 1.807) is 28.9 Å². The van der Waals surface area contributed by atoms with Gasteiger partial charge in [-0.25, -0.2) is 4.68 Å². The van der Waals surface area contributed by atoms with Crippen LogP contribution in [-0.2, 0) is 16.6 Å². The van der Waals surface area contributed by atoms with Crippen molar-refractivity contribution in [2.45, 2.75) is 45.6 Å². The summed E-state index contributed by atoms with van der Waals surface area (Å²) in [5.74, 6) is 0.253. The van der Waals surface area contributed by atoms with Crippen LogP contribution in [0.4, 0.5) is 5.82 Å². The van der Waals surface area contributed by atoms with Crippen molar-refractivity contribution < 1.29 is 14.3 Å². The normalized spacial score (nSPS) is 12.0. The summed E-state index contributed by atoms with van der Waals surface area (Å²) < 4.78 is 7.12. The molecule has 0 aliphatic rings. The van der Waals surface area contributed by atoms with Gasteiger partial charge in [-0.15, -0.1) is 0 Å². The predicted octanol–water partition coefficient (Wildman–Crippen LogP) is 5.47. The van der Waals surface area contributed by atoms with Crippen molar-refractivity contribution in [2.75, 3.05) is 12.4 Å². The second kappa shape index (κ2) is 11.3. The van der Waals surface area contributed by atoms with Crippen LogP contribution in [0, 0.1) is 6.92 Å². The molecule has 1 unspecified atom stereocenters. The number of nitrogens with one attached hydrogen (secondary N) is 2. The van der Waals surface area contributed by atoms with E-state index in [1.165, 1.54) is 7.11 Å². The highest BCUT2D eigenvalue weighted by Gasteiger charge is 2.27. The highest BCUT2D eigenvalue weighted by Crippen LogP contribution is 2.27. The van der Waals surface area contributed by atoms with Crippen LogP contribution in [0.5, 0.6) is 5.75 Å². The van der Waals surface area contributed by atoms with Gasteiger partial charge < -0.3 is 15.4 Å². The van der Waals surface area contributed by atoms with Crippen LogP contribution in [0.3, 0.4) is 0 Å². The summed E-state index contributed by atoms with van der Waals surface area (Å²) in [5.41, 5.74) is 3.80. The number of ether oxygens (including phenoxy) is 1. The Balaban J connectivity index is 1.68. The number of amides is 2. The average molecular weight is 511 g/mol. The van der Waals surface area contributed by atoms with E-state index in [9.17, 15) is 9.59 Å². The number of anilines is 1. The largest absolute Gasteiger partial charge is 0.496 e. The van der Waals surface area contributed by atoms with Gasteiger partial charge in [0.15, 0.2) is 0 Å². The van der Waals surface area contributed by atoms with E-state index >= 15 is 0 Å². The molecule has 0 aliphatic carbocycles. The molecule has 0 saturated carbocycles. The highest BCUT2D eigenvalue weighted by molar-refractivity contribution is 6.02. The van der Waals surface area contributed by atoms with Crippen molar-refractivity contribution in [1.29, 1.82) is 0 Å². The Morgan fingerprint density at radius 3 is 2.29 bits per heavy atom. The molecule has 2 amide bonds. The van der Waals surface area contributed by atoms with E-state index < -0.39 is 6.04 Å². The third kappa shape index (κ3) is 6.11. The Hall–Kier alpha value is -4.39. The van der Waals surface area contributed by atoms with Gasteiger partial charge in [0.25, 0.3) is 5.91 Å². The summed E-state index contributed by atoms with van der Waals surface area (Å²) in [6.07, 6.45) is 0.318. The first-order chi connectivity index (χ1) is 18.2. The minimum atomic E-state index is -0.840. The molecular weight excluding hydrogens is 476 g/mol. The van der Waals surface area contributed by atoms with Gasteiger partial charge in [0.1, 0.15) is 17.6 Å². The SMILES string of the molecule is COc1ccccc1C(=O)NC(Cc1ccccc1)C(=O)Nc1cc(C(C)(C)C)nn1-c1ccccc1C. The van der Waals surface area contributed by atoms with E-state index in [1.807, 2.05) is 67.6 Å². The first kappa shape index (κ1) is 26.7. The van der Waals surface area contributed by atoms with Gasteiger partial charge in [0, 0.05) is 17.9 Å². The van der Waals surface area contributed by atoms with Crippen molar-refractivity contribution in [1.82, 2.24) is 15.1 Å². The number of carbonyl (C=O) groups is 2. The molecule has 7 nitrogen and oxygen atoms in total. The monoisotopic (exact) mass is 510 g/mol. The summed E-state index contributed by atoms with van der Waals surface area (Å²) in [5, 5.41) is 10.8. The van der Waals surface area contributed by atoms with Crippen molar-refractivity contribution in [3.8, 4) is 11.4 Å². The number of benzene rings is 3. The van der Waals surface area contributed by atoms with Gasteiger partial charge in [0.05, 0.1) is 24.1 Å². The van der Waals surface area contributed by atoms with Gasteiger partial charge in [-0.2, -0.15) is 5.10 Å². The van der Waals surface area contributed by atoms with E-state index in [0.29, 0.717) is 23.6 Å². The minimum Gasteiger partial charge on any atom is -0.496 e. The van der Waals surface area contributed by atoms with Crippen molar-refractivity contribution in [3.05, 3.63) is 107 Å². The lowest BCUT2D eigenvalue weighted by atomic mass is 9.92. The molecule has 4 aromatic rings. The van der Waals surface area contributed by atoms with Crippen molar-refractivity contribution in [3.63, 3.8) is 0 Å². The summed E-state index contributed by atoms with van der Waals surface area (Å²) in [6.45, 7) is 8.24. The molecule has 196 valence electrons. The standard InChI is InChI=1S/C31H34N4O3/c1-21-13-9-11-17-25(21)35-28(20-27(34-35)31(2,3)4)33-30(37)24(19-22-14-7-6-8-15-22)32-29(36)23-16-10-12-18-26(23)38-5/h6-18,20,24H,19H2,1-5H3,(H,32,36)(H,33,37). The molecule has 4 rings (SSSR count). The molecule has 0 saturated heterocycles. The third-order valence-electron chi connectivity index (χ3n) is 6.33. The smallest absolute Gasteiger partial charge is 0.255 e. The quantitative estimate of drug-likeness (QED) is 0.329. The Morgan fingerprint density at radius 2 is 1.61 bits per heavy atom. The lowest BCUT2D eigenvalue weighted by molar-refractivity contribution is -0.118. The molecule has 0 bridgehead atoms. The van der Waals surface area contributed by atoms with Gasteiger partial charge in [-0.3, -0.25) is 9.59 Å². The van der Waals surface area contributed by atoms with E-state index in [-0.39, 0.29) is 17.2 Å². The maximum absolute atomic E-state index is 13.8. The van der Waals surface area contributed by atoms with Crippen LogP contribution in [-0.4, -0.2) is 34.7 Å². The number of hydrogen-bond donors (Lipinski definition) is 2. The number of hydrogen-bond acceptors (Lipinski definition) is 4. The minimum absolute atomic E-state index is 0.227. The maximum atomic E-state index is 13.8. The zero-order valence-electron chi connectivity index (χ0n) is 22.5. The van der Waals surface area contributed by atoms with Gasteiger partial charge in [-0.05, 0) is 36.2 Å². The zero-order valence-corrected chi connectivity index (χ0v) is 22.5. The Bertz CT molecular complexity index is 1420. The molecule has 2 N–H and O–H groups in total. The summed E-state index contributed by atoms with van der Waals surface area (Å²) in [7, 11) is 1.51. The molecule has 38 heavy (non-hydrogen) atoms. The summed E-state index contributed by atoms with van der Waals surface area (Å²) in [4.78, 5) is 27.0. The molecule has 0 aliphatic heterocycles. The number of aryl methyl sites for hydroxylation is 1. The van der Waals surface area contributed by atoms with Crippen LogP contribution in [0.2, 0.25) is 0 Å². The van der Waals surface area contributed by atoms with Crippen LogP contribution >= 0.6 is 0 Å². The molecule has 7 heteroatoms. The van der Waals surface area contributed by atoms with Gasteiger partial charge >= 0.3 is 0 Å². The van der Waals surface area contributed by atoms with Crippen molar-refractivity contribution in [2.24, 2.45) is 0 Å². The first-order valence-electron chi connectivity index (χ1n) is 12.6. The van der Waals surface area contributed by atoms with Crippen LogP contribution in [0.1, 0.15) is 48.0 Å². The number of para-hydroxylation sites is 2. The number of methoxy groups -OCH3 is 1. The molecule has 0 spiro atoms. The fourth-order valence-electron chi connectivity index (χ4n) is 4.16. The molecule has 1 aromatic heterocycles. The van der Waals surface area contributed by atoms with Crippen LogP contribution < -0.4 is 15.4 Å². The number of carbonyl (C=O) groups excluding carboxylic acids is 2. The Labute approximate surface area is 223 Å². The fraction of sp³-hybridized carbons (Fsp3) is 0.258. The van der Waals surface area contributed by atoms with Crippen molar-refractivity contribution >= 4 is 17.6 Å². The van der Waals surface area contributed by atoms with E-state index in [4.69, 9.17) is 9.84 Å². The third-order valence-corrected chi connectivity index (χ3v) is 6.33. The fourth-order valence-corrected chi connectivity index (χ4v) is 4.16. The number of aromatic nitrogens is 2. The maximum Gasteiger partial charge on any atom is 0.255 e. The van der Waals surface area contributed by atoms with Gasteiger partial charge in [-0.1, -0.05) is 81.4 Å². The number of rotatable bonds is 8. The second-order valence-electron chi connectivity index (χ2n) is 10.3. The molecule has 1 heterocycles. The summed E-state index contributed by atoms with van der Waals surface area (Å²) in [6, 6.07) is 25.5. The zero-order chi connectivity index (χ0) is 27.3. The molecular formula is C31H34N4O3. The average Bonchev–Trinajstić information content (AvgIpc) is 3.33. The van der Waals surface area contributed by atoms with E-state index in [0.717, 1.165) is 22.5 Å². The lowest BCUT2D eigenvalue weighted by Gasteiger charge is -2.20.